The van der Waals surface area contributed by atoms with Gasteiger partial charge in [0.25, 0.3) is 0 Å². The molecule has 2 nitrogen and oxygen atoms in total. The van der Waals surface area contributed by atoms with E-state index in [-0.39, 0.29) is 0 Å². The molecular formula is C27H16N2. The van der Waals surface area contributed by atoms with Crippen molar-refractivity contribution in [1.29, 1.82) is 5.26 Å². The van der Waals surface area contributed by atoms with E-state index in [2.05, 4.69) is 41.9 Å². The highest BCUT2D eigenvalue weighted by Gasteiger charge is 2.03. The Morgan fingerprint density at radius 2 is 0.966 bits per heavy atom. The van der Waals surface area contributed by atoms with Crippen LogP contribution >= 0.6 is 0 Å². The summed E-state index contributed by atoms with van der Waals surface area (Å²) in [6, 6.07) is 29.3. The van der Waals surface area contributed by atoms with Crippen LogP contribution in [0.1, 0.15) is 27.8 Å². The van der Waals surface area contributed by atoms with Gasteiger partial charge in [0.15, 0.2) is 0 Å². The number of nitrogens with zero attached hydrogens (tertiary/aromatic N) is 1. The SMILES string of the molecule is N#Cc1ccccc1C#Cc1cc2ccccc2cc1C#Cc1ccccc1N. The molecule has 0 bridgehead atoms. The van der Waals surface area contributed by atoms with E-state index in [0.29, 0.717) is 16.8 Å². The van der Waals surface area contributed by atoms with Crippen molar-refractivity contribution in [2.45, 2.75) is 0 Å². The molecule has 4 rings (SSSR count). The molecule has 0 aliphatic heterocycles. The number of para-hydroxylation sites is 1. The Labute approximate surface area is 170 Å². The van der Waals surface area contributed by atoms with Gasteiger partial charge in [-0.3, -0.25) is 0 Å². The van der Waals surface area contributed by atoms with Crippen molar-refractivity contribution in [3.05, 3.63) is 113 Å². The van der Waals surface area contributed by atoms with Crippen LogP contribution in [0.5, 0.6) is 0 Å². The standard InChI is InChI=1S/C27H16N2/c28-19-26-11-4-1-7-20(26)13-15-24-17-22-9-2-3-10-23(22)18-25(24)16-14-21-8-5-6-12-27(21)29/h1-12,17-18H,29H2. The van der Waals surface area contributed by atoms with Crippen molar-refractivity contribution in [2.24, 2.45) is 0 Å². The summed E-state index contributed by atoms with van der Waals surface area (Å²) >= 11 is 0. The topological polar surface area (TPSA) is 49.8 Å². The second kappa shape index (κ2) is 8.06. The zero-order valence-electron chi connectivity index (χ0n) is 15.6. The lowest BCUT2D eigenvalue weighted by molar-refractivity contribution is 1.47. The van der Waals surface area contributed by atoms with Gasteiger partial charge in [0, 0.05) is 27.9 Å². The lowest BCUT2D eigenvalue weighted by Crippen LogP contribution is -1.90. The Morgan fingerprint density at radius 3 is 1.55 bits per heavy atom. The average Bonchev–Trinajstić information content (AvgIpc) is 2.77. The molecule has 0 saturated heterocycles. The van der Waals surface area contributed by atoms with Gasteiger partial charge in [0.1, 0.15) is 6.07 Å². The zero-order valence-corrected chi connectivity index (χ0v) is 15.6. The van der Waals surface area contributed by atoms with Gasteiger partial charge in [0.2, 0.25) is 0 Å². The molecule has 0 heterocycles. The predicted octanol–water partition coefficient (Wildman–Crippen LogP) is 5.09. The first-order valence-corrected chi connectivity index (χ1v) is 9.15. The van der Waals surface area contributed by atoms with E-state index in [1.54, 1.807) is 6.07 Å². The summed E-state index contributed by atoms with van der Waals surface area (Å²) in [5, 5.41) is 11.5. The van der Waals surface area contributed by atoms with Crippen molar-refractivity contribution >= 4 is 16.5 Å². The normalized spacial score (nSPS) is 9.62. The van der Waals surface area contributed by atoms with Crippen molar-refractivity contribution in [3.63, 3.8) is 0 Å². The van der Waals surface area contributed by atoms with Crippen LogP contribution in [-0.2, 0) is 0 Å². The van der Waals surface area contributed by atoms with Crippen LogP contribution in [0.4, 0.5) is 5.69 Å². The van der Waals surface area contributed by atoms with Gasteiger partial charge in [-0.25, -0.2) is 0 Å². The first-order valence-electron chi connectivity index (χ1n) is 9.15. The second-order valence-corrected chi connectivity index (χ2v) is 6.49. The Balaban J connectivity index is 1.86. The Bertz CT molecular complexity index is 1380. The number of nitriles is 1. The van der Waals surface area contributed by atoms with E-state index in [9.17, 15) is 5.26 Å². The van der Waals surface area contributed by atoms with E-state index in [1.165, 1.54) is 0 Å². The molecule has 0 fully saturated rings. The fourth-order valence-electron chi connectivity index (χ4n) is 3.02. The van der Waals surface area contributed by atoms with E-state index in [1.807, 2.05) is 66.7 Å². The number of anilines is 1. The highest BCUT2D eigenvalue weighted by molar-refractivity contribution is 5.86. The fraction of sp³-hybridized carbons (Fsp3) is 0. The minimum absolute atomic E-state index is 0.561. The third-order valence-corrected chi connectivity index (χ3v) is 4.56. The number of fused-ring (bicyclic) bond motifs is 1. The highest BCUT2D eigenvalue weighted by Crippen LogP contribution is 2.20. The summed E-state index contributed by atoms with van der Waals surface area (Å²) in [5.74, 6) is 12.7. The maximum atomic E-state index is 9.30. The fourth-order valence-corrected chi connectivity index (χ4v) is 3.02. The highest BCUT2D eigenvalue weighted by atomic mass is 14.5. The third kappa shape index (κ3) is 3.96. The van der Waals surface area contributed by atoms with Gasteiger partial charge < -0.3 is 5.73 Å². The van der Waals surface area contributed by atoms with Crippen LogP contribution in [0.3, 0.4) is 0 Å². The number of rotatable bonds is 0. The van der Waals surface area contributed by atoms with E-state index in [0.717, 1.165) is 27.5 Å². The molecule has 0 radical (unpaired) electrons. The maximum Gasteiger partial charge on any atom is 0.100 e. The summed E-state index contributed by atoms with van der Waals surface area (Å²) in [6.07, 6.45) is 0. The monoisotopic (exact) mass is 368 g/mol. The minimum atomic E-state index is 0.561. The molecule has 0 amide bonds. The van der Waals surface area contributed by atoms with Crippen molar-refractivity contribution < 1.29 is 0 Å². The van der Waals surface area contributed by atoms with Crippen LogP contribution in [-0.4, -0.2) is 0 Å². The van der Waals surface area contributed by atoms with Gasteiger partial charge in [-0.15, -0.1) is 0 Å². The van der Waals surface area contributed by atoms with Gasteiger partial charge >= 0.3 is 0 Å². The molecule has 0 aliphatic carbocycles. The van der Waals surface area contributed by atoms with Crippen LogP contribution in [0.25, 0.3) is 10.8 Å². The first kappa shape index (κ1) is 17.9. The van der Waals surface area contributed by atoms with Gasteiger partial charge in [-0.05, 0) is 47.2 Å². The van der Waals surface area contributed by atoms with Gasteiger partial charge in [-0.1, -0.05) is 72.2 Å². The second-order valence-electron chi connectivity index (χ2n) is 6.49. The molecule has 0 aromatic heterocycles. The summed E-state index contributed by atoms with van der Waals surface area (Å²) in [7, 11) is 0. The van der Waals surface area contributed by atoms with Crippen molar-refractivity contribution in [1.82, 2.24) is 0 Å². The Morgan fingerprint density at radius 1 is 0.517 bits per heavy atom. The largest absolute Gasteiger partial charge is 0.398 e. The van der Waals surface area contributed by atoms with Gasteiger partial charge in [0.05, 0.1) is 5.56 Å². The predicted molar refractivity (Wildman–Crippen MR) is 118 cm³/mol. The molecule has 0 saturated carbocycles. The first-order chi connectivity index (χ1) is 14.2. The molecule has 0 spiro atoms. The van der Waals surface area contributed by atoms with Crippen LogP contribution in [0.2, 0.25) is 0 Å². The molecule has 2 N–H and O–H groups in total. The minimum Gasteiger partial charge on any atom is -0.398 e. The quantitative estimate of drug-likeness (QED) is 0.347. The number of hydrogen-bond donors (Lipinski definition) is 1. The molecule has 2 heteroatoms. The Kier molecular flexibility index (Phi) is 4.98. The Hall–Kier alpha value is -4.45. The lowest BCUT2D eigenvalue weighted by Gasteiger charge is -2.03. The zero-order chi connectivity index (χ0) is 20.1. The van der Waals surface area contributed by atoms with E-state index < -0.39 is 0 Å². The molecule has 0 aliphatic rings. The summed E-state index contributed by atoms with van der Waals surface area (Å²) in [4.78, 5) is 0. The van der Waals surface area contributed by atoms with E-state index in [4.69, 9.17) is 5.73 Å². The number of nitrogens with two attached hydrogens (primary N) is 1. The number of hydrogen-bond acceptors (Lipinski definition) is 2. The molecule has 4 aromatic rings. The van der Waals surface area contributed by atoms with Crippen molar-refractivity contribution in [3.8, 4) is 29.8 Å². The smallest absolute Gasteiger partial charge is 0.100 e. The number of benzene rings is 4. The van der Waals surface area contributed by atoms with E-state index >= 15 is 0 Å². The maximum absolute atomic E-state index is 9.30. The third-order valence-electron chi connectivity index (χ3n) is 4.56. The number of nitrogen functional groups attached to an aromatic ring is 1. The van der Waals surface area contributed by atoms with Crippen LogP contribution < -0.4 is 5.73 Å². The van der Waals surface area contributed by atoms with Crippen molar-refractivity contribution in [2.75, 3.05) is 5.73 Å². The average molecular weight is 368 g/mol. The summed E-state index contributed by atoms with van der Waals surface area (Å²) in [5.41, 5.74) is 10.4. The summed E-state index contributed by atoms with van der Waals surface area (Å²) in [6.45, 7) is 0. The van der Waals surface area contributed by atoms with Gasteiger partial charge in [-0.2, -0.15) is 5.26 Å². The molecule has 0 atom stereocenters. The molecule has 134 valence electrons. The van der Waals surface area contributed by atoms with Crippen LogP contribution in [0, 0.1) is 35.0 Å². The molecule has 4 aromatic carbocycles. The summed E-state index contributed by atoms with van der Waals surface area (Å²) < 4.78 is 0. The lowest BCUT2D eigenvalue weighted by atomic mass is 10.00. The molecular weight excluding hydrogens is 352 g/mol. The van der Waals surface area contributed by atoms with Crippen LogP contribution in [0.15, 0.2) is 84.9 Å². The molecule has 0 unspecified atom stereocenters. The molecule has 29 heavy (non-hydrogen) atoms.